The van der Waals surface area contributed by atoms with E-state index in [1.165, 1.54) is 0 Å². The van der Waals surface area contributed by atoms with Crippen molar-refractivity contribution in [1.82, 2.24) is 0 Å². The summed E-state index contributed by atoms with van der Waals surface area (Å²) in [6.07, 6.45) is 0. The minimum Gasteiger partial charge on any atom is -0.508 e. The van der Waals surface area contributed by atoms with E-state index in [1.807, 2.05) is 25.1 Å². The van der Waals surface area contributed by atoms with Crippen molar-refractivity contribution in [2.45, 2.75) is 13.0 Å². The molecule has 0 saturated carbocycles. The van der Waals surface area contributed by atoms with Crippen LogP contribution in [-0.2, 0) is 0 Å². The molecule has 0 fully saturated rings. The molecule has 0 heterocycles. The van der Waals surface area contributed by atoms with Crippen molar-refractivity contribution in [3.05, 3.63) is 40.4 Å². The van der Waals surface area contributed by atoms with Gasteiger partial charge >= 0.3 is 0 Å². The van der Waals surface area contributed by atoms with Gasteiger partial charge in [0.25, 0.3) is 0 Å². The quantitative estimate of drug-likeness (QED) is 0.831. The number of fused-ring (bicyclic) bond motifs is 1. The Bertz CT molecular complexity index is 508. The van der Waals surface area contributed by atoms with Crippen LogP contribution in [0, 0.1) is 0 Å². The van der Waals surface area contributed by atoms with Gasteiger partial charge in [-0.25, -0.2) is 0 Å². The molecule has 1 atom stereocenters. The van der Waals surface area contributed by atoms with Crippen LogP contribution in [0.3, 0.4) is 0 Å². The normalized spacial score (nSPS) is 13.0. The first-order valence-corrected chi connectivity index (χ1v) is 5.55. The van der Waals surface area contributed by atoms with E-state index in [0.29, 0.717) is 0 Å². The molecule has 2 aromatic carbocycles. The third-order valence-electron chi connectivity index (χ3n) is 2.44. The van der Waals surface area contributed by atoms with Gasteiger partial charge in [0.2, 0.25) is 0 Å². The van der Waals surface area contributed by atoms with Crippen LogP contribution in [0.5, 0.6) is 5.75 Å². The van der Waals surface area contributed by atoms with Crippen molar-refractivity contribution >= 4 is 26.7 Å². The second-order valence-corrected chi connectivity index (χ2v) is 4.52. The third kappa shape index (κ3) is 1.85. The summed E-state index contributed by atoms with van der Waals surface area (Å²) in [5, 5.41) is 11.6. The van der Waals surface area contributed by atoms with Crippen LogP contribution >= 0.6 is 15.9 Å². The molecule has 0 amide bonds. The summed E-state index contributed by atoms with van der Waals surface area (Å²) in [5.41, 5.74) is 6.99. The second kappa shape index (κ2) is 3.83. The highest BCUT2D eigenvalue weighted by atomic mass is 79.9. The Morgan fingerprint density at radius 1 is 1.33 bits per heavy atom. The second-order valence-electron chi connectivity index (χ2n) is 3.66. The van der Waals surface area contributed by atoms with Crippen molar-refractivity contribution in [2.24, 2.45) is 5.73 Å². The molecular weight excluding hydrogens is 254 g/mol. The molecule has 0 bridgehead atoms. The van der Waals surface area contributed by atoms with Gasteiger partial charge in [-0.05, 0) is 30.0 Å². The molecule has 3 heteroatoms. The summed E-state index contributed by atoms with van der Waals surface area (Å²) in [7, 11) is 0. The van der Waals surface area contributed by atoms with Gasteiger partial charge in [0.1, 0.15) is 5.75 Å². The molecule has 0 aliphatic carbocycles. The van der Waals surface area contributed by atoms with E-state index in [2.05, 4.69) is 15.9 Å². The van der Waals surface area contributed by atoms with Gasteiger partial charge < -0.3 is 10.8 Å². The van der Waals surface area contributed by atoms with E-state index >= 15 is 0 Å². The van der Waals surface area contributed by atoms with Crippen molar-refractivity contribution in [3.63, 3.8) is 0 Å². The minimum absolute atomic E-state index is 0.0189. The first kappa shape index (κ1) is 10.5. The lowest BCUT2D eigenvalue weighted by molar-refractivity contribution is 0.476. The van der Waals surface area contributed by atoms with E-state index < -0.39 is 0 Å². The van der Waals surface area contributed by atoms with Gasteiger partial charge in [0, 0.05) is 15.9 Å². The van der Waals surface area contributed by atoms with Gasteiger partial charge in [-0.1, -0.05) is 34.1 Å². The molecule has 0 aromatic heterocycles. The number of benzene rings is 2. The lowest BCUT2D eigenvalue weighted by Crippen LogP contribution is -2.05. The zero-order chi connectivity index (χ0) is 11.0. The molecular formula is C12H12BrNO. The average Bonchev–Trinajstić information content (AvgIpc) is 2.16. The standard InChI is InChI=1S/C12H12BrNO/c1-7(14)10-4-2-3-8-5-9(15)6-11(13)12(8)10/h2-7,15H,14H2,1H3. The number of nitrogens with two attached hydrogens (primary N) is 1. The maximum atomic E-state index is 9.48. The molecule has 78 valence electrons. The number of rotatable bonds is 1. The van der Waals surface area contributed by atoms with E-state index in [-0.39, 0.29) is 11.8 Å². The number of hydrogen-bond acceptors (Lipinski definition) is 2. The molecule has 0 saturated heterocycles. The predicted molar refractivity (Wildman–Crippen MR) is 65.9 cm³/mol. The van der Waals surface area contributed by atoms with Crippen LogP contribution in [0.15, 0.2) is 34.8 Å². The fraction of sp³-hybridized carbons (Fsp3) is 0.167. The summed E-state index contributed by atoms with van der Waals surface area (Å²) in [5.74, 6) is 0.260. The van der Waals surface area contributed by atoms with Gasteiger partial charge in [-0.2, -0.15) is 0 Å². The summed E-state index contributed by atoms with van der Waals surface area (Å²) in [6.45, 7) is 1.95. The van der Waals surface area contributed by atoms with Gasteiger partial charge in [-0.3, -0.25) is 0 Å². The Kier molecular flexibility index (Phi) is 2.67. The zero-order valence-corrected chi connectivity index (χ0v) is 9.95. The molecule has 0 aliphatic heterocycles. The zero-order valence-electron chi connectivity index (χ0n) is 8.37. The van der Waals surface area contributed by atoms with E-state index in [1.54, 1.807) is 12.1 Å². The summed E-state index contributed by atoms with van der Waals surface area (Å²) in [6, 6.07) is 9.34. The largest absolute Gasteiger partial charge is 0.508 e. The molecule has 0 aliphatic rings. The lowest BCUT2D eigenvalue weighted by Gasteiger charge is -2.11. The summed E-state index contributed by atoms with van der Waals surface area (Å²) in [4.78, 5) is 0. The Balaban J connectivity index is 2.85. The molecule has 1 unspecified atom stereocenters. The lowest BCUT2D eigenvalue weighted by atomic mass is 10.00. The molecule has 0 spiro atoms. The molecule has 2 nitrogen and oxygen atoms in total. The van der Waals surface area contributed by atoms with E-state index in [0.717, 1.165) is 20.8 Å². The molecule has 3 N–H and O–H groups in total. The van der Waals surface area contributed by atoms with Crippen LogP contribution in [0.4, 0.5) is 0 Å². The number of halogens is 1. The van der Waals surface area contributed by atoms with Crippen LogP contribution in [-0.4, -0.2) is 5.11 Å². The Morgan fingerprint density at radius 2 is 2.07 bits per heavy atom. The van der Waals surface area contributed by atoms with Crippen LogP contribution in [0.25, 0.3) is 10.8 Å². The van der Waals surface area contributed by atoms with Crippen molar-refractivity contribution < 1.29 is 5.11 Å². The molecule has 2 aromatic rings. The summed E-state index contributed by atoms with van der Waals surface area (Å²) < 4.78 is 0.880. The average molecular weight is 266 g/mol. The maximum absolute atomic E-state index is 9.48. The highest BCUT2D eigenvalue weighted by Crippen LogP contribution is 2.33. The van der Waals surface area contributed by atoms with Gasteiger partial charge in [-0.15, -0.1) is 0 Å². The van der Waals surface area contributed by atoms with E-state index in [9.17, 15) is 5.11 Å². The smallest absolute Gasteiger partial charge is 0.117 e. The van der Waals surface area contributed by atoms with E-state index in [4.69, 9.17) is 5.73 Å². The van der Waals surface area contributed by atoms with Crippen molar-refractivity contribution in [3.8, 4) is 5.75 Å². The van der Waals surface area contributed by atoms with Gasteiger partial charge in [0.15, 0.2) is 0 Å². The molecule has 2 rings (SSSR count). The summed E-state index contributed by atoms with van der Waals surface area (Å²) >= 11 is 3.45. The maximum Gasteiger partial charge on any atom is 0.117 e. The molecule has 15 heavy (non-hydrogen) atoms. The fourth-order valence-corrected chi connectivity index (χ4v) is 2.46. The number of phenolic OH excluding ortho intramolecular Hbond substituents is 1. The van der Waals surface area contributed by atoms with Crippen LogP contribution in [0.1, 0.15) is 18.5 Å². The first-order chi connectivity index (χ1) is 7.09. The predicted octanol–water partition coefficient (Wildman–Crippen LogP) is 3.33. The monoisotopic (exact) mass is 265 g/mol. The first-order valence-electron chi connectivity index (χ1n) is 4.76. The topological polar surface area (TPSA) is 46.2 Å². The minimum atomic E-state index is -0.0189. The Hall–Kier alpha value is -1.06. The molecule has 0 radical (unpaired) electrons. The highest BCUT2D eigenvalue weighted by Gasteiger charge is 2.09. The van der Waals surface area contributed by atoms with Crippen molar-refractivity contribution in [2.75, 3.05) is 0 Å². The van der Waals surface area contributed by atoms with Crippen molar-refractivity contribution in [1.29, 1.82) is 0 Å². The number of hydrogen-bond donors (Lipinski definition) is 2. The third-order valence-corrected chi connectivity index (χ3v) is 3.06. The fourth-order valence-electron chi connectivity index (χ4n) is 1.77. The highest BCUT2D eigenvalue weighted by molar-refractivity contribution is 9.10. The Morgan fingerprint density at radius 3 is 2.73 bits per heavy atom. The SMILES string of the molecule is CC(N)c1cccc2cc(O)cc(Br)c12. The number of phenols is 1. The van der Waals surface area contributed by atoms with Crippen LogP contribution in [0.2, 0.25) is 0 Å². The van der Waals surface area contributed by atoms with Crippen LogP contribution < -0.4 is 5.73 Å². The van der Waals surface area contributed by atoms with Gasteiger partial charge in [0.05, 0.1) is 0 Å². The number of aromatic hydroxyl groups is 1. The Labute approximate surface area is 96.8 Å².